The molecule has 0 aromatic heterocycles. The summed E-state index contributed by atoms with van der Waals surface area (Å²) < 4.78 is 9.53. The molecule has 0 saturated heterocycles. The van der Waals surface area contributed by atoms with Crippen LogP contribution in [0.2, 0.25) is 0 Å². The predicted octanol–water partition coefficient (Wildman–Crippen LogP) is 1.80. The highest BCUT2D eigenvalue weighted by Crippen LogP contribution is 2.01. The molecule has 0 radical (unpaired) electrons. The maximum Gasteiger partial charge on any atom is 0.333 e. The van der Waals surface area contributed by atoms with E-state index in [4.69, 9.17) is 14.6 Å². The highest BCUT2D eigenvalue weighted by molar-refractivity contribution is 5.87. The first kappa shape index (κ1) is 27.4. The second-order valence-corrected chi connectivity index (χ2v) is 5.73. The molecule has 1 unspecified atom stereocenters. The van der Waals surface area contributed by atoms with Crippen molar-refractivity contribution in [2.45, 2.75) is 45.6 Å². The fourth-order valence-electron chi connectivity index (χ4n) is 1.49. The van der Waals surface area contributed by atoms with E-state index in [-0.39, 0.29) is 17.8 Å². The Morgan fingerprint density at radius 1 is 0.929 bits per heavy atom. The summed E-state index contributed by atoms with van der Waals surface area (Å²) in [6, 6.07) is 0. The molecular weight excluding hydrogens is 368 g/mol. The number of ether oxygens (including phenoxy) is 2. The number of nitrogens with zero attached hydrogens (tertiary/aromatic N) is 2. The third-order valence-electron chi connectivity index (χ3n) is 2.99. The maximum atomic E-state index is 11.1. The van der Waals surface area contributed by atoms with Gasteiger partial charge in [0.15, 0.2) is 6.10 Å². The van der Waals surface area contributed by atoms with Crippen LogP contribution in [0, 0.1) is 0 Å². The van der Waals surface area contributed by atoms with Gasteiger partial charge in [-0.05, 0) is 26.7 Å². The molecule has 0 bridgehead atoms. The summed E-state index contributed by atoms with van der Waals surface area (Å²) in [7, 11) is 0. The number of aliphatic hydroxyl groups is 1. The zero-order valence-corrected chi connectivity index (χ0v) is 16.4. The fraction of sp³-hybridized carbons (Fsp3) is 0.579. The van der Waals surface area contributed by atoms with Gasteiger partial charge in [0, 0.05) is 11.1 Å². The second-order valence-electron chi connectivity index (χ2n) is 5.73. The number of unbranched alkanes of at least 4 members (excludes halogenated alkanes) is 3. The average Bonchev–Trinajstić information content (AvgIpc) is 2.67. The quantitative estimate of drug-likeness (QED) is 0.165. The van der Waals surface area contributed by atoms with Crippen LogP contribution in [-0.4, -0.2) is 61.6 Å². The summed E-state index contributed by atoms with van der Waals surface area (Å²) in [5, 5.41) is 8.89. The number of aliphatic hydroxyl groups excluding tert-OH is 1. The van der Waals surface area contributed by atoms with Crippen molar-refractivity contribution in [3.05, 3.63) is 24.3 Å². The minimum absolute atomic E-state index is 0.207. The normalized spacial score (nSPS) is 10.1. The van der Waals surface area contributed by atoms with E-state index in [1.807, 2.05) is 0 Å². The summed E-state index contributed by atoms with van der Waals surface area (Å²) in [5.41, 5.74) is 0.451. The first-order valence-corrected chi connectivity index (χ1v) is 8.67. The molecule has 1 N–H and O–H groups in total. The first-order valence-electron chi connectivity index (χ1n) is 8.67. The Morgan fingerprint density at radius 3 is 1.75 bits per heavy atom. The molecule has 28 heavy (non-hydrogen) atoms. The van der Waals surface area contributed by atoms with E-state index in [1.165, 1.54) is 26.0 Å². The third kappa shape index (κ3) is 17.9. The Hall–Kier alpha value is -2.86. The Morgan fingerprint density at radius 2 is 1.39 bits per heavy atom. The molecule has 0 spiro atoms. The lowest BCUT2D eigenvalue weighted by Gasteiger charge is -2.15. The molecule has 0 aromatic carbocycles. The van der Waals surface area contributed by atoms with Crippen LogP contribution < -0.4 is 0 Å². The summed E-state index contributed by atoms with van der Waals surface area (Å²) in [4.78, 5) is 48.2. The summed E-state index contributed by atoms with van der Waals surface area (Å²) in [5.74, 6) is -1.23. The van der Waals surface area contributed by atoms with Gasteiger partial charge in [0.05, 0.1) is 19.7 Å². The van der Waals surface area contributed by atoms with Gasteiger partial charge in [-0.15, -0.1) is 0 Å². The number of carbonyl (C=O) groups is 2. The molecule has 0 heterocycles. The smallest absolute Gasteiger partial charge is 0.333 e. The van der Waals surface area contributed by atoms with Gasteiger partial charge < -0.3 is 14.6 Å². The molecule has 156 valence electrons. The van der Waals surface area contributed by atoms with E-state index < -0.39 is 24.6 Å². The van der Waals surface area contributed by atoms with Crippen LogP contribution in [-0.2, 0) is 28.7 Å². The molecular formula is C19H28N2O7. The number of hydrogen-bond acceptors (Lipinski definition) is 9. The molecule has 0 aliphatic rings. The molecule has 0 aliphatic heterocycles. The van der Waals surface area contributed by atoms with Gasteiger partial charge in [0.2, 0.25) is 12.2 Å². The standard InChI is InChI=1S/C11H16O5.C8H12N2O2/c1-7(2)10(13)15-6-9(5-12)16-11(14)8(3)4;11-7-9-5-3-1-2-4-6-10-8-12/h9,12H,1,3,5-6H2,2,4H3;1-6H2. The Balaban J connectivity index is 0. The Kier molecular flexibility index (Phi) is 18.5. The number of esters is 2. The molecule has 0 fully saturated rings. The van der Waals surface area contributed by atoms with E-state index in [0.717, 1.165) is 25.7 Å². The zero-order chi connectivity index (χ0) is 21.8. The predicted molar refractivity (Wildman–Crippen MR) is 102 cm³/mol. The summed E-state index contributed by atoms with van der Waals surface area (Å²) >= 11 is 0. The van der Waals surface area contributed by atoms with Crippen LogP contribution in [0.4, 0.5) is 0 Å². The van der Waals surface area contributed by atoms with Gasteiger partial charge >= 0.3 is 11.9 Å². The highest BCUT2D eigenvalue weighted by Gasteiger charge is 2.16. The van der Waals surface area contributed by atoms with Gasteiger partial charge in [0.25, 0.3) is 0 Å². The van der Waals surface area contributed by atoms with Crippen molar-refractivity contribution in [1.82, 2.24) is 0 Å². The summed E-state index contributed by atoms with van der Waals surface area (Å²) in [6.07, 6.45) is 5.92. The number of rotatable bonds is 13. The van der Waals surface area contributed by atoms with E-state index in [1.54, 1.807) is 0 Å². The lowest BCUT2D eigenvalue weighted by Crippen LogP contribution is -2.28. The topological polar surface area (TPSA) is 132 Å². The molecule has 0 aromatic rings. The Labute approximate surface area is 164 Å². The Bertz CT molecular complexity index is 581. The molecule has 1 atom stereocenters. The van der Waals surface area contributed by atoms with Crippen LogP contribution in [0.1, 0.15) is 39.5 Å². The summed E-state index contributed by atoms with van der Waals surface area (Å²) in [6.45, 7) is 10.2. The minimum Gasteiger partial charge on any atom is -0.458 e. The van der Waals surface area contributed by atoms with Crippen LogP contribution in [0.3, 0.4) is 0 Å². The fourth-order valence-corrected chi connectivity index (χ4v) is 1.49. The average molecular weight is 396 g/mol. The van der Waals surface area contributed by atoms with E-state index in [2.05, 4.69) is 23.1 Å². The number of carbonyl (C=O) groups excluding carboxylic acids is 4. The van der Waals surface area contributed by atoms with E-state index >= 15 is 0 Å². The van der Waals surface area contributed by atoms with Gasteiger partial charge in [-0.3, -0.25) is 0 Å². The molecule has 9 heteroatoms. The van der Waals surface area contributed by atoms with Gasteiger partial charge in [-0.1, -0.05) is 26.0 Å². The van der Waals surface area contributed by atoms with Crippen LogP contribution >= 0.6 is 0 Å². The first-order chi connectivity index (χ1) is 13.3. The SMILES string of the molecule is C=C(C)C(=O)OCC(CO)OC(=O)C(=C)C.O=C=NCCCCCCN=C=O. The number of isocyanates is 2. The second kappa shape index (κ2) is 18.9. The van der Waals surface area contributed by atoms with Crippen LogP contribution in [0.25, 0.3) is 0 Å². The third-order valence-corrected chi connectivity index (χ3v) is 2.99. The molecule has 0 rings (SSSR count). The van der Waals surface area contributed by atoms with Crippen molar-refractivity contribution >= 4 is 24.1 Å². The van der Waals surface area contributed by atoms with Gasteiger partial charge in [0.1, 0.15) is 6.61 Å². The van der Waals surface area contributed by atoms with Crippen molar-refractivity contribution in [3.8, 4) is 0 Å². The molecule has 0 amide bonds. The van der Waals surface area contributed by atoms with E-state index in [0.29, 0.717) is 13.1 Å². The minimum atomic E-state index is -0.882. The van der Waals surface area contributed by atoms with Crippen LogP contribution in [0.15, 0.2) is 34.3 Å². The monoisotopic (exact) mass is 396 g/mol. The zero-order valence-electron chi connectivity index (χ0n) is 16.4. The number of aliphatic imine (C=N–C) groups is 2. The van der Waals surface area contributed by atoms with Crippen molar-refractivity contribution < 1.29 is 33.8 Å². The molecule has 0 aliphatic carbocycles. The molecule has 9 nitrogen and oxygen atoms in total. The van der Waals surface area contributed by atoms with Crippen LogP contribution in [0.5, 0.6) is 0 Å². The van der Waals surface area contributed by atoms with Crippen molar-refractivity contribution in [3.63, 3.8) is 0 Å². The lowest BCUT2D eigenvalue weighted by molar-refractivity contribution is -0.156. The van der Waals surface area contributed by atoms with Gasteiger partial charge in [-0.25, -0.2) is 29.2 Å². The maximum absolute atomic E-state index is 11.1. The van der Waals surface area contributed by atoms with Crippen molar-refractivity contribution in [2.24, 2.45) is 9.98 Å². The van der Waals surface area contributed by atoms with E-state index in [9.17, 15) is 19.2 Å². The highest BCUT2D eigenvalue weighted by atomic mass is 16.6. The molecule has 0 saturated carbocycles. The van der Waals surface area contributed by atoms with Crippen molar-refractivity contribution in [2.75, 3.05) is 26.3 Å². The largest absolute Gasteiger partial charge is 0.458 e. The van der Waals surface area contributed by atoms with Gasteiger partial charge in [-0.2, -0.15) is 0 Å². The van der Waals surface area contributed by atoms with Crippen molar-refractivity contribution in [1.29, 1.82) is 0 Å². The lowest BCUT2D eigenvalue weighted by atomic mass is 10.2. The number of hydrogen-bond donors (Lipinski definition) is 1.